The summed E-state index contributed by atoms with van der Waals surface area (Å²) in [5, 5.41) is 2.37. The second kappa shape index (κ2) is 6.61. The van der Waals surface area contributed by atoms with E-state index in [1.54, 1.807) is 11.0 Å². The number of anilines is 2. The van der Waals surface area contributed by atoms with Gasteiger partial charge in [0.1, 0.15) is 23.0 Å². The second-order valence-electron chi connectivity index (χ2n) is 7.10. The summed E-state index contributed by atoms with van der Waals surface area (Å²) in [5.74, 6) is -3.60. The molecule has 2 amide bonds. The third-order valence-corrected chi connectivity index (χ3v) is 5.16. The molecule has 0 spiro atoms. The Morgan fingerprint density at radius 1 is 1.21 bits per heavy atom. The van der Waals surface area contributed by atoms with Crippen molar-refractivity contribution in [1.29, 1.82) is 0 Å². The molecule has 28 heavy (non-hydrogen) atoms. The molecule has 0 bridgehead atoms. The van der Waals surface area contributed by atoms with Crippen LogP contribution in [-0.4, -0.2) is 59.3 Å². The molecule has 7 nitrogen and oxygen atoms in total. The van der Waals surface area contributed by atoms with E-state index in [9.17, 15) is 22.8 Å². The Labute approximate surface area is 158 Å². The minimum Gasteiger partial charge on any atom is -0.354 e. The van der Waals surface area contributed by atoms with Crippen molar-refractivity contribution in [2.75, 3.05) is 31.6 Å². The van der Waals surface area contributed by atoms with Gasteiger partial charge in [0, 0.05) is 32.6 Å². The van der Waals surface area contributed by atoms with Gasteiger partial charge in [0.15, 0.2) is 5.82 Å². The third-order valence-electron chi connectivity index (χ3n) is 5.16. The van der Waals surface area contributed by atoms with Gasteiger partial charge in [0.2, 0.25) is 0 Å². The van der Waals surface area contributed by atoms with Crippen molar-refractivity contribution >= 4 is 23.5 Å². The first-order valence-corrected chi connectivity index (χ1v) is 9.06. The van der Waals surface area contributed by atoms with Gasteiger partial charge >= 0.3 is 0 Å². The smallest absolute Gasteiger partial charge is 0.270 e. The predicted molar refractivity (Wildman–Crippen MR) is 95.7 cm³/mol. The number of carbonyl (C=O) groups is 2. The van der Waals surface area contributed by atoms with Crippen LogP contribution >= 0.6 is 0 Å². The lowest BCUT2D eigenvalue weighted by molar-refractivity contribution is 0.0119. The standard InChI is InChI=1S/C18H20F3N5O2/c1-22-16(27)14-11(19)8-13(24-14)26-5-2-3-10-7-12(23-15(10)26)17(28)25-6-4-18(20,21)9-25/h7-8,23-24H,2-6,9H2,1H3,(H,22,27). The Morgan fingerprint density at radius 3 is 2.68 bits per heavy atom. The zero-order valence-electron chi connectivity index (χ0n) is 15.2. The summed E-state index contributed by atoms with van der Waals surface area (Å²) < 4.78 is 41.0. The molecule has 0 aromatic carbocycles. The Balaban J connectivity index is 1.62. The third kappa shape index (κ3) is 3.12. The van der Waals surface area contributed by atoms with Crippen LogP contribution in [0.2, 0.25) is 0 Å². The SMILES string of the molecule is CNC(=O)c1[nH]c(N2CCCc3cc(C(=O)N4CCC(F)(F)C4)[nH]c32)cc1F. The minimum atomic E-state index is -2.86. The number of likely N-dealkylation sites (tertiary alicyclic amines) is 1. The summed E-state index contributed by atoms with van der Waals surface area (Å²) in [6.07, 6.45) is 1.13. The predicted octanol–water partition coefficient (Wildman–Crippen LogP) is 2.41. The second-order valence-corrected chi connectivity index (χ2v) is 7.10. The van der Waals surface area contributed by atoms with Crippen LogP contribution in [0.25, 0.3) is 0 Å². The van der Waals surface area contributed by atoms with Crippen LogP contribution in [-0.2, 0) is 6.42 Å². The highest BCUT2D eigenvalue weighted by atomic mass is 19.3. The van der Waals surface area contributed by atoms with Crippen molar-refractivity contribution in [3.8, 4) is 0 Å². The molecular weight excluding hydrogens is 375 g/mol. The summed E-state index contributed by atoms with van der Waals surface area (Å²) in [5.41, 5.74) is 0.900. The van der Waals surface area contributed by atoms with E-state index in [0.717, 1.165) is 16.9 Å². The van der Waals surface area contributed by atoms with E-state index < -0.39 is 30.1 Å². The van der Waals surface area contributed by atoms with Gasteiger partial charge < -0.3 is 25.1 Å². The molecule has 3 N–H and O–H groups in total. The Morgan fingerprint density at radius 2 is 2.00 bits per heavy atom. The lowest BCUT2D eigenvalue weighted by Crippen LogP contribution is -2.31. The number of hydrogen-bond donors (Lipinski definition) is 3. The number of fused-ring (bicyclic) bond motifs is 1. The minimum absolute atomic E-state index is 0.0105. The van der Waals surface area contributed by atoms with Crippen LogP contribution in [0.3, 0.4) is 0 Å². The number of H-pyrrole nitrogens is 2. The number of nitrogens with zero attached hydrogens (tertiary/aromatic N) is 2. The van der Waals surface area contributed by atoms with Crippen molar-refractivity contribution in [3.63, 3.8) is 0 Å². The molecule has 4 heterocycles. The number of aromatic nitrogens is 2. The zero-order valence-corrected chi connectivity index (χ0v) is 15.2. The first-order valence-electron chi connectivity index (χ1n) is 9.06. The molecule has 2 aromatic heterocycles. The molecule has 0 aliphatic carbocycles. The molecule has 0 saturated carbocycles. The maximum absolute atomic E-state index is 14.1. The number of carbonyl (C=O) groups excluding carboxylic acids is 2. The van der Waals surface area contributed by atoms with E-state index in [-0.39, 0.29) is 24.4 Å². The largest absolute Gasteiger partial charge is 0.354 e. The fourth-order valence-corrected chi connectivity index (χ4v) is 3.74. The molecule has 1 saturated heterocycles. The van der Waals surface area contributed by atoms with Crippen LogP contribution in [0.1, 0.15) is 39.4 Å². The van der Waals surface area contributed by atoms with Crippen LogP contribution in [0.4, 0.5) is 24.8 Å². The maximum Gasteiger partial charge on any atom is 0.270 e. The van der Waals surface area contributed by atoms with E-state index in [4.69, 9.17) is 0 Å². The van der Waals surface area contributed by atoms with Gasteiger partial charge in [-0.1, -0.05) is 0 Å². The van der Waals surface area contributed by atoms with Gasteiger partial charge in [0.05, 0.1) is 6.54 Å². The monoisotopic (exact) mass is 395 g/mol. The van der Waals surface area contributed by atoms with E-state index in [2.05, 4.69) is 15.3 Å². The van der Waals surface area contributed by atoms with Gasteiger partial charge in [-0.3, -0.25) is 9.59 Å². The fourth-order valence-electron chi connectivity index (χ4n) is 3.74. The maximum atomic E-state index is 14.1. The molecule has 4 rings (SSSR count). The lowest BCUT2D eigenvalue weighted by Gasteiger charge is -2.27. The van der Waals surface area contributed by atoms with E-state index >= 15 is 0 Å². The average Bonchev–Trinajstić information content (AvgIpc) is 3.36. The number of aryl methyl sites for hydroxylation is 1. The Bertz CT molecular complexity index is 936. The number of rotatable bonds is 3. The molecule has 0 unspecified atom stereocenters. The van der Waals surface area contributed by atoms with Gasteiger partial charge in [-0.2, -0.15) is 0 Å². The molecular formula is C18H20F3N5O2. The van der Waals surface area contributed by atoms with Crippen molar-refractivity contribution in [1.82, 2.24) is 20.2 Å². The zero-order chi connectivity index (χ0) is 20.1. The average molecular weight is 395 g/mol. The summed E-state index contributed by atoms with van der Waals surface area (Å²) >= 11 is 0. The van der Waals surface area contributed by atoms with E-state index in [0.29, 0.717) is 24.6 Å². The summed E-state index contributed by atoms with van der Waals surface area (Å²) in [6, 6.07) is 2.89. The summed E-state index contributed by atoms with van der Waals surface area (Å²) in [6.45, 7) is -0.0246. The first kappa shape index (κ1) is 18.5. The highest BCUT2D eigenvalue weighted by Gasteiger charge is 2.41. The first-order chi connectivity index (χ1) is 13.3. The van der Waals surface area contributed by atoms with E-state index in [1.807, 2.05) is 0 Å². The fraction of sp³-hybridized carbons (Fsp3) is 0.444. The molecule has 10 heteroatoms. The van der Waals surface area contributed by atoms with Crippen LogP contribution in [0, 0.1) is 5.82 Å². The van der Waals surface area contributed by atoms with Gasteiger partial charge in [-0.05, 0) is 24.5 Å². The van der Waals surface area contributed by atoms with Crippen molar-refractivity contribution in [2.24, 2.45) is 0 Å². The quantitative estimate of drug-likeness (QED) is 0.746. The number of nitrogens with one attached hydrogen (secondary N) is 3. The van der Waals surface area contributed by atoms with Crippen molar-refractivity contribution in [2.45, 2.75) is 25.2 Å². The van der Waals surface area contributed by atoms with Crippen LogP contribution < -0.4 is 10.2 Å². The molecule has 2 aromatic rings. The molecule has 0 radical (unpaired) electrons. The number of hydrogen-bond acceptors (Lipinski definition) is 3. The normalized spacial score (nSPS) is 18.3. The number of halogens is 3. The Kier molecular flexibility index (Phi) is 4.35. The van der Waals surface area contributed by atoms with Gasteiger partial charge in [-0.15, -0.1) is 0 Å². The molecule has 0 atom stereocenters. The Hall–Kier alpha value is -2.91. The number of amides is 2. The molecule has 150 valence electrons. The summed E-state index contributed by atoms with van der Waals surface area (Å²) in [7, 11) is 1.41. The molecule has 2 aliphatic rings. The number of alkyl halides is 2. The highest BCUT2D eigenvalue weighted by molar-refractivity contribution is 5.95. The highest BCUT2D eigenvalue weighted by Crippen LogP contribution is 2.35. The topological polar surface area (TPSA) is 84.2 Å². The molecule has 2 aliphatic heterocycles. The lowest BCUT2D eigenvalue weighted by atomic mass is 10.1. The van der Waals surface area contributed by atoms with Crippen molar-refractivity contribution < 1.29 is 22.8 Å². The van der Waals surface area contributed by atoms with E-state index in [1.165, 1.54) is 13.1 Å². The van der Waals surface area contributed by atoms with Crippen LogP contribution in [0.15, 0.2) is 12.1 Å². The molecule has 1 fully saturated rings. The number of aromatic amines is 2. The van der Waals surface area contributed by atoms with Crippen molar-refractivity contribution in [3.05, 3.63) is 34.9 Å². The van der Waals surface area contributed by atoms with Gasteiger partial charge in [0.25, 0.3) is 17.7 Å². The van der Waals surface area contributed by atoms with Crippen LogP contribution in [0.5, 0.6) is 0 Å². The van der Waals surface area contributed by atoms with Gasteiger partial charge in [-0.25, -0.2) is 13.2 Å². The summed E-state index contributed by atoms with van der Waals surface area (Å²) in [4.78, 5) is 33.0.